The van der Waals surface area contributed by atoms with Crippen LogP contribution in [0, 0.1) is 6.92 Å². The van der Waals surface area contributed by atoms with Gasteiger partial charge in [0.05, 0.1) is 23.3 Å². The first-order valence-corrected chi connectivity index (χ1v) is 6.72. The van der Waals surface area contributed by atoms with Gasteiger partial charge in [0.15, 0.2) is 5.65 Å². The minimum absolute atomic E-state index is 0.213. The number of methoxy groups -OCH3 is 1. The number of fused-ring (bicyclic) bond motifs is 1. The predicted octanol–water partition coefficient (Wildman–Crippen LogP) is 1.71. The number of aromatic nitrogens is 3. The quantitative estimate of drug-likeness (QED) is 0.664. The molecule has 0 saturated carbocycles. The van der Waals surface area contributed by atoms with E-state index in [9.17, 15) is 9.90 Å². The molecule has 0 atom stereocenters. The van der Waals surface area contributed by atoms with E-state index in [4.69, 9.17) is 4.74 Å². The normalized spacial score (nSPS) is 11.1. The molecule has 0 aliphatic heterocycles. The van der Waals surface area contributed by atoms with Gasteiger partial charge in [0.2, 0.25) is 0 Å². The third kappa shape index (κ3) is 2.57. The summed E-state index contributed by atoms with van der Waals surface area (Å²) in [6.45, 7) is 2.42. The van der Waals surface area contributed by atoms with Crippen molar-refractivity contribution in [2.75, 3.05) is 19.5 Å². The van der Waals surface area contributed by atoms with E-state index in [2.05, 4.69) is 10.1 Å². The number of ether oxygens (including phenoxy) is 1. The first-order chi connectivity index (χ1) is 9.06. The Balaban J connectivity index is 2.58. The third-order valence-electron chi connectivity index (χ3n) is 2.74. The maximum absolute atomic E-state index is 11.3. The lowest BCUT2D eigenvalue weighted by Gasteiger charge is -2.07. The first kappa shape index (κ1) is 13.8. The van der Waals surface area contributed by atoms with Gasteiger partial charge in [-0.2, -0.15) is 5.10 Å². The summed E-state index contributed by atoms with van der Waals surface area (Å²) in [5.41, 5.74) is 1.69. The fraction of sp³-hybridized carbons (Fsp3) is 0.417. The number of thioether (sulfide) groups is 1. The second-order valence-electron chi connectivity index (χ2n) is 4.06. The van der Waals surface area contributed by atoms with Gasteiger partial charge in [0, 0.05) is 31.0 Å². The molecular formula is C12H15N3O3S. The molecule has 0 radical (unpaired) electrons. The minimum atomic E-state index is -0.974. The van der Waals surface area contributed by atoms with Gasteiger partial charge in [-0.3, -0.25) is 4.68 Å². The van der Waals surface area contributed by atoms with Gasteiger partial charge in [0.1, 0.15) is 0 Å². The van der Waals surface area contributed by atoms with E-state index in [1.54, 1.807) is 18.8 Å². The smallest absolute Gasteiger partial charge is 0.338 e. The highest BCUT2D eigenvalue weighted by atomic mass is 32.2. The number of pyridine rings is 1. The van der Waals surface area contributed by atoms with Crippen LogP contribution < -0.4 is 0 Å². The van der Waals surface area contributed by atoms with Crippen molar-refractivity contribution in [1.29, 1.82) is 0 Å². The second kappa shape index (κ2) is 5.58. The van der Waals surface area contributed by atoms with Crippen molar-refractivity contribution in [2.45, 2.75) is 11.8 Å². The fourth-order valence-electron chi connectivity index (χ4n) is 1.91. The van der Waals surface area contributed by atoms with Crippen LogP contribution in [0.3, 0.4) is 0 Å². The molecule has 1 N–H and O–H groups in total. The van der Waals surface area contributed by atoms with E-state index in [1.807, 2.05) is 6.92 Å². The van der Waals surface area contributed by atoms with Gasteiger partial charge in [-0.1, -0.05) is 0 Å². The molecule has 0 aliphatic rings. The molecule has 2 rings (SSSR count). The summed E-state index contributed by atoms with van der Waals surface area (Å²) >= 11 is 1.46. The van der Waals surface area contributed by atoms with Crippen LogP contribution in [-0.2, 0) is 11.8 Å². The molecule has 0 spiro atoms. The van der Waals surface area contributed by atoms with Gasteiger partial charge < -0.3 is 9.84 Å². The Kier molecular flexibility index (Phi) is 4.06. The lowest BCUT2D eigenvalue weighted by molar-refractivity contribution is 0.0693. The van der Waals surface area contributed by atoms with E-state index >= 15 is 0 Å². The van der Waals surface area contributed by atoms with Crippen LogP contribution in [0.1, 0.15) is 16.1 Å². The molecule has 2 aromatic rings. The Morgan fingerprint density at radius 2 is 2.32 bits per heavy atom. The van der Waals surface area contributed by atoms with Crippen LogP contribution in [-0.4, -0.2) is 45.3 Å². The monoisotopic (exact) mass is 281 g/mol. The van der Waals surface area contributed by atoms with Crippen molar-refractivity contribution in [3.63, 3.8) is 0 Å². The van der Waals surface area contributed by atoms with Gasteiger partial charge in [-0.15, -0.1) is 11.8 Å². The molecule has 19 heavy (non-hydrogen) atoms. The average Bonchev–Trinajstić information content (AvgIpc) is 2.65. The Bertz CT molecular complexity index is 624. The zero-order chi connectivity index (χ0) is 14.0. The summed E-state index contributed by atoms with van der Waals surface area (Å²) in [5, 5.41) is 14.4. The molecule has 0 amide bonds. The van der Waals surface area contributed by atoms with Crippen LogP contribution in [0.4, 0.5) is 0 Å². The Morgan fingerprint density at radius 1 is 1.58 bits per heavy atom. The third-order valence-corrected chi connectivity index (χ3v) is 3.83. The van der Waals surface area contributed by atoms with Crippen molar-refractivity contribution < 1.29 is 14.6 Å². The van der Waals surface area contributed by atoms with E-state index in [0.29, 0.717) is 22.9 Å². The van der Waals surface area contributed by atoms with E-state index < -0.39 is 5.97 Å². The topological polar surface area (TPSA) is 77.2 Å². The predicted molar refractivity (Wildman–Crippen MR) is 72.8 cm³/mol. The fourth-order valence-corrected chi connectivity index (χ4v) is 3.04. The van der Waals surface area contributed by atoms with Crippen molar-refractivity contribution in [3.8, 4) is 0 Å². The number of carboxylic acids is 1. The highest BCUT2D eigenvalue weighted by molar-refractivity contribution is 7.99. The lowest BCUT2D eigenvalue weighted by Crippen LogP contribution is -2.03. The summed E-state index contributed by atoms with van der Waals surface area (Å²) < 4.78 is 6.67. The molecule has 2 heterocycles. The molecule has 102 valence electrons. The molecule has 6 nitrogen and oxygen atoms in total. The minimum Gasteiger partial charge on any atom is -0.478 e. The van der Waals surface area contributed by atoms with Crippen LogP contribution >= 0.6 is 11.8 Å². The summed E-state index contributed by atoms with van der Waals surface area (Å²) in [6.07, 6.45) is 1.39. The van der Waals surface area contributed by atoms with Gasteiger partial charge >= 0.3 is 5.97 Å². The van der Waals surface area contributed by atoms with Crippen molar-refractivity contribution in [3.05, 3.63) is 17.5 Å². The average molecular weight is 281 g/mol. The number of rotatable bonds is 5. The van der Waals surface area contributed by atoms with Crippen molar-refractivity contribution >= 4 is 28.8 Å². The SMILES string of the molecule is COCCSc1c(C(=O)O)cnc2c1c(C)nn2C. The van der Waals surface area contributed by atoms with E-state index in [0.717, 1.165) is 11.1 Å². The molecule has 0 saturated heterocycles. The lowest BCUT2D eigenvalue weighted by atomic mass is 10.2. The van der Waals surface area contributed by atoms with Crippen LogP contribution in [0.15, 0.2) is 11.1 Å². The molecule has 0 fully saturated rings. The maximum Gasteiger partial charge on any atom is 0.338 e. The number of hydrogen-bond donors (Lipinski definition) is 1. The number of nitrogens with zero attached hydrogens (tertiary/aromatic N) is 3. The van der Waals surface area contributed by atoms with Crippen LogP contribution in [0.25, 0.3) is 11.0 Å². The molecule has 0 aromatic carbocycles. The largest absolute Gasteiger partial charge is 0.478 e. The Labute approximate surface area is 114 Å². The molecular weight excluding hydrogens is 266 g/mol. The molecule has 2 aromatic heterocycles. The Morgan fingerprint density at radius 3 is 2.95 bits per heavy atom. The highest BCUT2D eigenvalue weighted by Crippen LogP contribution is 2.32. The van der Waals surface area contributed by atoms with Crippen LogP contribution in [0.5, 0.6) is 0 Å². The molecule has 7 heteroatoms. The van der Waals surface area contributed by atoms with E-state index in [1.165, 1.54) is 18.0 Å². The van der Waals surface area contributed by atoms with E-state index in [-0.39, 0.29) is 5.56 Å². The number of hydrogen-bond acceptors (Lipinski definition) is 5. The highest BCUT2D eigenvalue weighted by Gasteiger charge is 2.19. The summed E-state index contributed by atoms with van der Waals surface area (Å²) in [6, 6.07) is 0. The summed E-state index contributed by atoms with van der Waals surface area (Å²) in [5.74, 6) is -0.290. The molecule has 0 bridgehead atoms. The summed E-state index contributed by atoms with van der Waals surface area (Å²) in [4.78, 5) is 16.2. The number of aryl methyl sites for hydroxylation is 2. The molecule has 0 unspecified atom stereocenters. The molecule has 0 aliphatic carbocycles. The first-order valence-electron chi connectivity index (χ1n) is 5.73. The van der Waals surface area contributed by atoms with Crippen LogP contribution in [0.2, 0.25) is 0 Å². The van der Waals surface area contributed by atoms with Gasteiger partial charge in [-0.05, 0) is 6.92 Å². The second-order valence-corrected chi connectivity index (χ2v) is 5.16. The maximum atomic E-state index is 11.3. The zero-order valence-electron chi connectivity index (χ0n) is 11.0. The van der Waals surface area contributed by atoms with Gasteiger partial charge in [0.25, 0.3) is 0 Å². The van der Waals surface area contributed by atoms with Gasteiger partial charge in [-0.25, -0.2) is 9.78 Å². The number of carbonyl (C=O) groups is 1. The summed E-state index contributed by atoms with van der Waals surface area (Å²) in [7, 11) is 3.42. The van der Waals surface area contributed by atoms with Crippen molar-refractivity contribution in [2.24, 2.45) is 7.05 Å². The standard InChI is InChI=1S/C12H15N3O3S/c1-7-9-10(19-5-4-18-3)8(12(16)17)6-13-11(9)15(2)14-7/h6H,4-5H2,1-3H3,(H,16,17). The zero-order valence-corrected chi connectivity index (χ0v) is 11.8. The Hall–Kier alpha value is -1.60. The van der Waals surface area contributed by atoms with Crippen molar-refractivity contribution in [1.82, 2.24) is 14.8 Å². The number of carboxylic acid groups (broad SMARTS) is 1. The number of aromatic carboxylic acids is 1.